The molecular weight excluding hydrogens is 400 g/mol. The average Bonchev–Trinajstić information content (AvgIpc) is 2.74. The lowest BCUT2D eigenvalue weighted by molar-refractivity contribution is 0.100. The summed E-state index contributed by atoms with van der Waals surface area (Å²) in [7, 11) is -3.43. The van der Waals surface area contributed by atoms with Gasteiger partial charge in [-0.3, -0.25) is 9.69 Å². The molecule has 0 spiro atoms. The van der Waals surface area contributed by atoms with E-state index in [2.05, 4.69) is 14.5 Å². The topological polar surface area (TPSA) is 95.7 Å². The van der Waals surface area contributed by atoms with Crippen LogP contribution in [0, 0.1) is 6.92 Å². The monoisotopic (exact) mass is 430 g/mol. The number of benzene rings is 2. The number of anilines is 1. The van der Waals surface area contributed by atoms with E-state index in [1.54, 1.807) is 30.3 Å². The molecule has 0 saturated carbocycles. The number of piperazine rings is 1. The third-order valence-corrected chi connectivity index (χ3v) is 6.87. The van der Waals surface area contributed by atoms with Gasteiger partial charge in [-0.05, 0) is 56.6 Å². The van der Waals surface area contributed by atoms with E-state index < -0.39 is 15.9 Å². The number of unbranched alkanes of at least 4 members (excludes halogenated alkanes) is 1. The van der Waals surface area contributed by atoms with Crippen LogP contribution in [0.2, 0.25) is 0 Å². The molecule has 0 aliphatic carbocycles. The summed E-state index contributed by atoms with van der Waals surface area (Å²) >= 11 is 0. The van der Waals surface area contributed by atoms with Gasteiger partial charge in [0.15, 0.2) is 0 Å². The second-order valence-electron chi connectivity index (χ2n) is 7.66. The third kappa shape index (κ3) is 6.04. The van der Waals surface area contributed by atoms with Gasteiger partial charge in [0, 0.05) is 44.0 Å². The van der Waals surface area contributed by atoms with Crippen LogP contribution in [-0.2, 0) is 10.0 Å². The maximum Gasteiger partial charge on any atom is 0.248 e. The van der Waals surface area contributed by atoms with E-state index >= 15 is 0 Å². The molecule has 162 valence electrons. The summed E-state index contributed by atoms with van der Waals surface area (Å²) < 4.78 is 27.3. The van der Waals surface area contributed by atoms with Crippen molar-refractivity contribution in [1.82, 2.24) is 9.62 Å². The van der Waals surface area contributed by atoms with Crippen molar-refractivity contribution in [3.05, 3.63) is 59.7 Å². The number of nitrogens with zero attached hydrogens (tertiary/aromatic N) is 2. The van der Waals surface area contributed by atoms with Crippen LogP contribution in [0.5, 0.6) is 0 Å². The van der Waals surface area contributed by atoms with Crippen LogP contribution in [0.4, 0.5) is 5.69 Å². The van der Waals surface area contributed by atoms with E-state index in [0.29, 0.717) is 17.0 Å². The van der Waals surface area contributed by atoms with Crippen molar-refractivity contribution >= 4 is 21.6 Å². The number of aryl methyl sites for hydroxylation is 1. The van der Waals surface area contributed by atoms with Gasteiger partial charge in [-0.25, -0.2) is 13.1 Å². The number of sulfonamides is 1. The maximum atomic E-state index is 12.3. The molecule has 1 saturated heterocycles. The Balaban J connectivity index is 1.37. The van der Waals surface area contributed by atoms with Crippen molar-refractivity contribution < 1.29 is 13.2 Å². The zero-order valence-corrected chi connectivity index (χ0v) is 18.2. The molecule has 2 aromatic carbocycles. The Morgan fingerprint density at radius 1 is 1.03 bits per heavy atom. The van der Waals surface area contributed by atoms with Crippen molar-refractivity contribution in [3.8, 4) is 0 Å². The van der Waals surface area contributed by atoms with Crippen LogP contribution in [0.25, 0.3) is 0 Å². The molecule has 8 heteroatoms. The van der Waals surface area contributed by atoms with Crippen molar-refractivity contribution in [2.75, 3.05) is 44.2 Å². The molecule has 1 fully saturated rings. The number of hydrogen-bond donors (Lipinski definition) is 2. The van der Waals surface area contributed by atoms with Crippen molar-refractivity contribution in [3.63, 3.8) is 0 Å². The van der Waals surface area contributed by atoms with Crippen LogP contribution in [-0.4, -0.2) is 58.5 Å². The molecular formula is C22H30N4O3S. The molecule has 2 aromatic rings. The zero-order valence-electron chi connectivity index (χ0n) is 17.4. The molecule has 1 aliphatic rings. The summed E-state index contributed by atoms with van der Waals surface area (Å²) in [6.45, 7) is 6.98. The van der Waals surface area contributed by atoms with E-state index in [9.17, 15) is 13.2 Å². The highest BCUT2D eigenvalue weighted by atomic mass is 32.2. The largest absolute Gasteiger partial charge is 0.369 e. The molecule has 7 nitrogen and oxygen atoms in total. The molecule has 0 bridgehead atoms. The van der Waals surface area contributed by atoms with Gasteiger partial charge in [0.2, 0.25) is 15.9 Å². The second-order valence-corrected chi connectivity index (χ2v) is 9.43. The fourth-order valence-corrected chi connectivity index (χ4v) is 4.63. The highest BCUT2D eigenvalue weighted by Crippen LogP contribution is 2.18. The minimum absolute atomic E-state index is 0.310. The summed E-state index contributed by atoms with van der Waals surface area (Å²) in [4.78, 5) is 16.3. The first-order chi connectivity index (χ1) is 14.3. The molecule has 1 heterocycles. The van der Waals surface area contributed by atoms with Crippen LogP contribution < -0.4 is 15.4 Å². The van der Waals surface area contributed by atoms with Crippen LogP contribution in [0.1, 0.15) is 28.8 Å². The number of primary amides is 1. The maximum absolute atomic E-state index is 12.3. The molecule has 1 aliphatic heterocycles. The normalized spacial score (nSPS) is 15.3. The van der Waals surface area contributed by atoms with Gasteiger partial charge in [0.1, 0.15) is 0 Å². The van der Waals surface area contributed by atoms with Gasteiger partial charge in [-0.2, -0.15) is 0 Å². The van der Waals surface area contributed by atoms with Crippen molar-refractivity contribution in [2.45, 2.75) is 24.7 Å². The van der Waals surface area contributed by atoms with Gasteiger partial charge in [-0.1, -0.05) is 23.8 Å². The fourth-order valence-electron chi connectivity index (χ4n) is 3.55. The highest BCUT2D eigenvalue weighted by molar-refractivity contribution is 7.89. The minimum Gasteiger partial charge on any atom is -0.369 e. The summed E-state index contributed by atoms with van der Waals surface area (Å²) in [5.41, 5.74) is 7.96. The van der Waals surface area contributed by atoms with E-state index in [1.165, 1.54) is 0 Å². The summed E-state index contributed by atoms with van der Waals surface area (Å²) in [6.07, 6.45) is 1.74. The molecule has 0 radical (unpaired) electrons. The number of nitrogens with one attached hydrogen (secondary N) is 1. The summed E-state index contributed by atoms with van der Waals surface area (Å²) in [6, 6.07) is 14.3. The standard InChI is InChI=1S/C22H30N4O3S/c1-18-7-9-21(10-8-18)30(28,29)24-11-2-3-12-25-13-15-26(16-14-25)20-6-4-5-19(17-20)22(23)27/h4-10,17,24H,2-3,11-16H2,1H3,(H2,23,27). The van der Waals surface area contributed by atoms with Gasteiger partial charge in [-0.15, -0.1) is 0 Å². The first kappa shape index (κ1) is 22.3. The van der Waals surface area contributed by atoms with Crippen LogP contribution in [0.15, 0.2) is 53.4 Å². The Morgan fingerprint density at radius 3 is 2.40 bits per heavy atom. The van der Waals surface area contributed by atoms with Gasteiger partial charge >= 0.3 is 0 Å². The van der Waals surface area contributed by atoms with Crippen LogP contribution in [0.3, 0.4) is 0 Å². The Labute approximate surface area is 178 Å². The first-order valence-corrected chi connectivity index (χ1v) is 11.8. The molecule has 1 amide bonds. The van der Waals surface area contributed by atoms with E-state index in [1.807, 2.05) is 25.1 Å². The van der Waals surface area contributed by atoms with Gasteiger partial charge < -0.3 is 10.6 Å². The molecule has 0 unspecified atom stereocenters. The van der Waals surface area contributed by atoms with Gasteiger partial charge in [0.05, 0.1) is 4.90 Å². The lowest BCUT2D eigenvalue weighted by Crippen LogP contribution is -2.46. The molecule has 3 N–H and O–H groups in total. The Kier molecular flexibility index (Phi) is 7.47. The second kappa shape index (κ2) is 10.1. The number of amides is 1. The minimum atomic E-state index is -3.43. The average molecular weight is 431 g/mol. The number of rotatable bonds is 9. The Hall–Kier alpha value is -2.42. The predicted molar refractivity (Wildman–Crippen MR) is 119 cm³/mol. The summed E-state index contributed by atoms with van der Waals surface area (Å²) in [5.74, 6) is -0.409. The lowest BCUT2D eigenvalue weighted by atomic mass is 10.1. The van der Waals surface area contributed by atoms with E-state index in [0.717, 1.165) is 56.8 Å². The lowest BCUT2D eigenvalue weighted by Gasteiger charge is -2.36. The molecule has 30 heavy (non-hydrogen) atoms. The number of carbonyl (C=O) groups is 1. The van der Waals surface area contributed by atoms with Gasteiger partial charge in [0.25, 0.3) is 0 Å². The quantitative estimate of drug-likeness (QED) is 0.593. The number of nitrogens with two attached hydrogens (primary N) is 1. The van der Waals surface area contributed by atoms with E-state index in [4.69, 9.17) is 5.73 Å². The SMILES string of the molecule is Cc1ccc(S(=O)(=O)NCCCCN2CCN(c3cccc(C(N)=O)c3)CC2)cc1. The Morgan fingerprint density at radius 2 is 1.73 bits per heavy atom. The van der Waals surface area contributed by atoms with Crippen LogP contribution >= 0.6 is 0 Å². The zero-order chi connectivity index (χ0) is 21.6. The number of carbonyl (C=O) groups excluding carboxylic acids is 1. The van der Waals surface area contributed by atoms with E-state index in [-0.39, 0.29) is 0 Å². The predicted octanol–water partition coefficient (Wildman–Crippen LogP) is 1.97. The molecule has 0 aromatic heterocycles. The van der Waals surface area contributed by atoms with Crippen molar-refractivity contribution in [1.29, 1.82) is 0 Å². The third-order valence-electron chi connectivity index (χ3n) is 5.39. The Bertz CT molecular complexity index is 953. The first-order valence-electron chi connectivity index (χ1n) is 10.3. The highest BCUT2D eigenvalue weighted by Gasteiger charge is 2.18. The molecule has 0 atom stereocenters. The molecule has 3 rings (SSSR count). The summed E-state index contributed by atoms with van der Waals surface area (Å²) in [5, 5.41) is 0. The smallest absolute Gasteiger partial charge is 0.248 e. The van der Waals surface area contributed by atoms with Crippen molar-refractivity contribution in [2.24, 2.45) is 5.73 Å². The fraction of sp³-hybridized carbons (Fsp3) is 0.409. The number of hydrogen-bond acceptors (Lipinski definition) is 5.